The van der Waals surface area contributed by atoms with Crippen molar-refractivity contribution in [2.24, 2.45) is 0 Å². The van der Waals surface area contributed by atoms with E-state index in [2.05, 4.69) is 15.3 Å². The van der Waals surface area contributed by atoms with Gasteiger partial charge in [0.2, 0.25) is 0 Å². The number of hydrogen-bond donors (Lipinski definition) is 0. The van der Waals surface area contributed by atoms with Crippen molar-refractivity contribution in [1.29, 1.82) is 0 Å². The highest BCUT2D eigenvalue weighted by Crippen LogP contribution is 2.24. The molecule has 1 amide bonds. The molecule has 26 heavy (non-hydrogen) atoms. The minimum atomic E-state index is 0.00774. The average molecular weight is 352 g/mol. The van der Waals surface area contributed by atoms with E-state index in [4.69, 9.17) is 4.74 Å². The summed E-state index contributed by atoms with van der Waals surface area (Å²) in [4.78, 5) is 14.7. The second kappa shape index (κ2) is 6.99. The Morgan fingerprint density at radius 1 is 1.15 bits per heavy atom. The Hall–Kier alpha value is -3.16. The number of hydrogen-bond acceptors (Lipinski definition) is 5. The van der Waals surface area contributed by atoms with E-state index in [1.54, 1.807) is 36.8 Å². The largest absolute Gasteiger partial charge is 0.494 e. The first-order valence-corrected chi connectivity index (χ1v) is 8.57. The second-order valence-electron chi connectivity index (χ2n) is 6.28. The molecule has 0 aliphatic carbocycles. The molecule has 8 heteroatoms. The van der Waals surface area contributed by atoms with Gasteiger partial charge in [0.1, 0.15) is 24.1 Å². The maximum atomic E-state index is 12.8. The van der Waals surface area contributed by atoms with Gasteiger partial charge in [-0.3, -0.25) is 4.79 Å². The fourth-order valence-electron chi connectivity index (χ4n) is 3.33. The maximum absolute atomic E-state index is 12.8. The first-order chi connectivity index (χ1) is 12.8. The van der Waals surface area contributed by atoms with Gasteiger partial charge in [0.15, 0.2) is 0 Å². The molecule has 0 N–H and O–H groups in total. The Morgan fingerprint density at radius 3 is 2.62 bits per heavy atom. The molecule has 134 valence electrons. The molecule has 3 aromatic rings. The zero-order valence-electron chi connectivity index (χ0n) is 14.5. The summed E-state index contributed by atoms with van der Waals surface area (Å²) in [6.07, 6.45) is 8.63. The molecule has 1 aliphatic heterocycles. The van der Waals surface area contributed by atoms with E-state index in [1.807, 2.05) is 33.7 Å². The first kappa shape index (κ1) is 16.3. The van der Waals surface area contributed by atoms with E-state index in [-0.39, 0.29) is 5.91 Å². The molecule has 0 saturated carbocycles. The third-order valence-corrected chi connectivity index (χ3v) is 4.77. The smallest absolute Gasteiger partial charge is 0.257 e. The predicted octanol–water partition coefficient (Wildman–Crippen LogP) is 1.95. The van der Waals surface area contributed by atoms with Gasteiger partial charge >= 0.3 is 0 Å². The number of carbonyl (C=O) groups excluding carboxylic acids is 1. The molecule has 4 rings (SSSR count). The summed E-state index contributed by atoms with van der Waals surface area (Å²) in [5.74, 6) is 0.720. The van der Waals surface area contributed by atoms with Gasteiger partial charge in [0, 0.05) is 25.3 Å². The Labute approximate surface area is 151 Å². The van der Waals surface area contributed by atoms with E-state index >= 15 is 0 Å². The third-order valence-electron chi connectivity index (χ3n) is 4.77. The molecule has 1 aliphatic rings. The molecular formula is C18H20N6O2. The van der Waals surface area contributed by atoms with E-state index in [1.165, 1.54) is 0 Å². The molecule has 2 aromatic heterocycles. The van der Waals surface area contributed by atoms with Crippen molar-refractivity contribution in [3.63, 3.8) is 0 Å². The highest BCUT2D eigenvalue weighted by Gasteiger charge is 2.25. The molecule has 0 unspecified atom stereocenters. The second-order valence-corrected chi connectivity index (χ2v) is 6.28. The lowest BCUT2D eigenvalue weighted by atomic mass is 10.0. The van der Waals surface area contributed by atoms with Crippen LogP contribution in [-0.2, 0) is 0 Å². The van der Waals surface area contributed by atoms with Crippen LogP contribution in [0.5, 0.6) is 5.75 Å². The standard InChI is InChI=1S/C18H20N6O2/c1-26-17-5-3-2-4-16(17)24-11-14(10-21-24)18(25)22-8-6-15(7-9-22)23-12-19-20-13-23/h2-5,10-13,15H,6-9H2,1H3. The number of carbonyl (C=O) groups is 1. The lowest BCUT2D eigenvalue weighted by Crippen LogP contribution is -2.38. The summed E-state index contributed by atoms with van der Waals surface area (Å²) >= 11 is 0. The predicted molar refractivity (Wildman–Crippen MR) is 94.3 cm³/mol. The first-order valence-electron chi connectivity index (χ1n) is 8.57. The third kappa shape index (κ3) is 3.05. The van der Waals surface area contributed by atoms with Gasteiger partial charge in [0.25, 0.3) is 5.91 Å². The molecule has 0 bridgehead atoms. The van der Waals surface area contributed by atoms with Crippen molar-refractivity contribution in [1.82, 2.24) is 29.4 Å². The molecule has 0 spiro atoms. The summed E-state index contributed by atoms with van der Waals surface area (Å²) in [7, 11) is 1.62. The minimum absolute atomic E-state index is 0.00774. The van der Waals surface area contributed by atoms with Crippen LogP contribution in [0.3, 0.4) is 0 Å². The Balaban J connectivity index is 1.46. The van der Waals surface area contributed by atoms with E-state index < -0.39 is 0 Å². The Morgan fingerprint density at radius 2 is 1.88 bits per heavy atom. The molecule has 0 atom stereocenters. The number of benzene rings is 1. The van der Waals surface area contributed by atoms with Crippen LogP contribution in [0.4, 0.5) is 0 Å². The lowest BCUT2D eigenvalue weighted by Gasteiger charge is -2.32. The monoisotopic (exact) mass is 352 g/mol. The number of likely N-dealkylation sites (tertiary alicyclic amines) is 1. The number of ether oxygens (including phenoxy) is 1. The summed E-state index contributed by atoms with van der Waals surface area (Å²) < 4.78 is 9.06. The molecule has 0 radical (unpaired) electrons. The van der Waals surface area contributed by atoms with Gasteiger partial charge in [0.05, 0.1) is 18.9 Å². The summed E-state index contributed by atoms with van der Waals surface area (Å²) in [6.45, 7) is 1.42. The number of methoxy groups -OCH3 is 1. The van der Waals surface area contributed by atoms with Gasteiger partial charge in [-0.25, -0.2) is 4.68 Å². The molecule has 1 fully saturated rings. The van der Waals surface area contributed by atoms with Gasteiger partial charge in [-0.05, 0) is 25.0 Å². The summed E-state index contributed by atoms with van der Waals surface area (Å²) in [5.41, 5.74) is 1.39. The molecule has 8 nitrogen and oxygen atoms in total. The van der Waals surface area contributed by atoms with E-state index in [9.17, 15) is 4.79 Å². The number of rotatable bonds is 4. The highest BCUT2D eigenvalue weighted by atomic mass is 16.5. The Bertz CT molecular complexity index is 881. The molecular weight excluding hydrogens is 332 g/mol. The van der Waals surface area contributed by atoms with Crippen molar-refractivity contribution in [3.8, 4) is 11.4 Å². The number of piperidine rings is 1. The van der Waals surface area contributed by atoms with Gasteiger partial charge < -0.3 is 14.2 Å². The van der Waals surface area contributed by atoms with Crippen molar-refractivity contribution in [2.45, 2.75) is 18.9 Å². The molecule has 1 saturated heterocycles. The number of para-hydroxylation sites is 2. The topological polar surface area (TPSA) is 78.1 Å². The highest BCUT2D eigenvalue weighted by molar-refractivity contribution is 5.93. The fourth-order valence-corrected chi connectivity index (χ4v) is 3.33. The summed E-state index contributed by atoms with van der Waals surface area (Å²) in [6, 6.07) is 7.94. The van der Waals surface area contributed by atoms with Crippen LogP contribution < -0.4 is 4.74 Å². The molecule has 1 aromatic carbocycles. The van der Waals surface area contributed by atoms with Crippen LogP contribution in [0, 0.1) is 0 Å². The van der Waals surface area contributed by atoms with E-state index in [0.717, 1.165) is 18.5 Å². The van der Waals surface area contributed by atoms with Gasteiger partial charge in [-0.1, -0.05) is 12.1 Å². The average Bonchev–Trinajstić information content (AvgIpc) is 3.39. The van der Waals surface area contributed by atoms with Crippen LogP contribution in [0.25, 0.3) is 5.69 Å². The van der Waals surface area contributed by atoms with Crippen LogP contribution >= 0.6 is 0 Å². The zero-order valence-corrected chi connectivity index (χ0v) is 14.5. The Kier molecular flexibility index (Phi) is 4.39. The molecule has 3 heterocycles. The van der Waals surface area contributed by atoms with Crippen LogP contribution in [0.2, 0.25) is 0 Å². The number of nitrogens with zero attached hydrogens (tertiary/aromatic N) is 6. The lowest BCUT2D eigenvalue weighted by molar-refractivity contribution is 0.0694. The van der Waals surface area contributed by atoms with Crippen molar-refractivity contribution in [2.75, 3.05) is 20.2 Å². The SMILES string of the molecule is COc1ccccc1-n1cc(C(=O)N2CCC(n3cnnc3)CC2)cn1. The summed E-state index contributed by atoms with van der Waals surface area (Å²) in [5, 5.41) is 12.0. The fraction of sp³-hybridized carbons (Fsp3) is 0.333. The quantitative estimate of drug-likeness (QED) is 0.717. The van der Waals surface area contributed by atoms with Crippen LogP contribution in [0.15, 0.2) is 49.3 Å². The zero-order chi connectivity index (χ0) is 17.9. The van der Waals surface area contributed by atoms with Gasteiger partial charge in [-0.2, -0.15) is 5.10 Å². The van der Waals surface area contributed by atoms with Gasteiger partial charge in [-0.15, -0.1) is 10.2 Å². The normalized spacial score (nSPS) is 15.2. The van der Waals surface area contributed by atoms with Crippen molar-refractivity contribution < 1.29 is 9.53 Å². The number of amides is 1. The van der Waals surface area contributed by atoms with Crippen LogP contribution in [-0.4, -0.2) is 55.6 Å². The van der Waals surface area contributed by atoms with Crippen molar-refractivity contribution in [3.05, 3.63) is 54.9 Å². The van der Waals surface area contributed by atoms with E-state index in [0.29, 0.717) is 30.4 Å². The van der Waals surface area contributed by atoms with Crippen molar-refractivity contribution >= 4 is 5.91 Å². The number of aromatic nitrogens is 5. The van der Waals surface area contributed by atoms with Crippen LogP contribution in [0.1, 0.15) is 29.2 Å². The maximum Gasteiger partial charge on any atom is 0.257 e. The minimum Gasteiger partial charge on any atom is -0.494 e.